The fraction of sp³-hybridized carbons (Fsp3) is 0.105. The first kappa shape index (κ1) is 20.1. The van der Waals surface area contributed by atoms with Crippen molar-refractivity contribution < 1.29 is 18.7 Å². The maximum Gasteiger partial charge on any atom is 0.274 e. The minimum absolute atomic E-state index is 0.127. The minimum atomic E-state index is -0.798. The van der Waals surface area contributed by atoms with Gasteiger partial charge in [-0.1, -0.05) is 12.7 Å². The zero-order valence-corrected chi connectivity index (χ0v) is 15.9. The van der Waals surface area contributed by atoms with Gasteiger partial charge < -0.3 is 9.47 Å². The molecule has 138 valence electrons. The van der Waals surface area contributed by atoms with E-state index in [4.69, 9.17) is 14.7 Å². The first-order chi connectivity index (χ1) is 13.0. The van der Waals surface area contributed by atoms with E-state index in [-0.39, 0.29) is 11.1 Å². The number of hydrogen-bond acceptors (Lipinski definition) is 5. The molecule has 0 radical (unpaired) electrons. The number of hydrazone groups is 1. The Balaban J connectivity index is 2.15. The first-order valence-corrected chi connectivity index (χ1v) is 8.43. The number of carbonyl (C=O) groups is 1. The fourth-order valence-electron chi connectivity index (χ4n) is 2.06. The lowest BCUT2D eigenvalue weighted by Crippen LogP contribution is -2.19. The van der Waals surface area contributed by atoms with Gasteiger partial charge in [0, 0.05) is 10.0 Å². The summed E-state index contributed by atoms with van der Waals surface area (Å²) in [6.45, 7) is 3.91. The molecule has 0 atom stereocenters. The van der Waals surface area contributed by atoms with Gasteiger partial charge >= 0.3 is 0 Å². The van der Waals surface area contributed by atoms with Crippen LogP contribution in [-0.4, -0.2) is 25.8 Å². The van der Waals surface area contributed by atoms with Crippen LogP contribution in [0, 0.1) is 17.1 Å². The smallest absolute Gasteiger partial charge is 0.274 e. The molecule has 0 spiro atoms. The number of rotatable bonds is 7. The number of hydrogen-bond donors (Lipinski definition) is 1. The second kappa shape index (κ2) is 9.50. The largest absolute Gasteiger partial charge is 0.493 e. The summed E-state index contributed by atoms with van der Waals surface area (Å²) < 4.78 is 25.3. The molecule has 1 N–H and O–H groups in total. The zero-order valence-electron chi connectivity index (χ0n) is 14.3. The van der Waals surface area contributed by atoms with Crippen molar-refractivity contribution in [3.05, 3.63) is 70.0 Å². The summed E-state index contributed by atoms with van der Waals surface area (Å²) in [5, 5.41) is 12.6. The molecule has 2 aromatic rings. The number of amides is 1. The molecule has 2 rings (SSSR count). The molecule has 27 heavy (non-hydrogen) atoms. The minimum Gasteiger partial charge on any atom is -0.493 e. The lowest BCUT2D eigenvalue weighted by atomic mass is 10.1. The average Bonchev–Trinajstić information content (AvgIpc) is 2.67. The standard InChI is InChI=1S/C19H15BrFN3O3/c1-3-6-27-18-9-15(20)13(8-17(18)26-2)11-23-24-19(25)14-5-4-12(10-22)7-16(14)21/h3-5,7-9,11H,1,6H2,2H3,(H,24,25)/b23-11-. The number of nitrogens with one attached hydrogen (secondary N) is 1. The van der Waals surface area contributed by atoms with Crippen LogP contribution >= 0.6 is 15.9 Å². The third-order valence-corrected chi connectivity index (χ3v) is 4.04. The van der Waals surface area contributed by atoms with E-state index in [1.54, 1.807) is 24.3 Å². The maximum absolute atomic E-state index is 13.8. The summed E-state index contributed by atoms with van der Waals surface area (Å²) in [7, 11) is 1.50. The molecule has 0 aromatic heterocycles. The van der Waals surface area contributed by atoms with Gasteiger partial charge in [0.15, 0.2) is 11.5 Å². The van der Waals surface area contributed by atoms with E-state index in [2.05, 4.69) is 33.0 Å². The Bertz CT molecular complexity index is 939. The SMILES string of the molecule is C=CCOc1cc(Br)c(/C=N\NC(=O)c2ccc(C#N)cc2F)cc1OC. The quantitative estimate of drug-likeness (QED) is 0.410. The molecular weight excluding hydrogens is 417 g/mol. The summed E-state index contributed by atoms with van der Waals surface area (Å²) in [6.07, 6.45) is 2.99. The van der Waals surface area contributed by atoms with Crippen molar-refractivity contribution >= 4 is 28.1 Å². The van der Waals surface area contributed by atoms with Gasteiger partial charge in [0.05, 0.1) is 30.5 Å². The normalized spacial score (nSPS) is 10.3. The highest BCUT2D eigenvalue weighted by atomic mass is 79.9. The van der Waals surface area contributed by atoms with Crippen molar-refractivity contribution in [1.82, 2.24) is 5.43 Å². The number of halogens is 2. The Labute approximate surface area is 164 Å². The van der Waals surface area contributed by atoms with Crippen LogP contribution in [0.1, 0.15) is 21.5 Å². The molecule has 0 saturated carbocycles. The van der Waals surface area contributed by atoms with Gasteiger partial charge in [0.25, 0.3) is 5.91 Å². The molecule has 6 nitrogen and oxygen atoms in total. The van der Waals surface area contributed by atoms with Crippen molar-refractivity contribution in [3.8, 4) is 17.6 Å². The van der Waals surface area contributed by atoms with Gasteiger partial charge in [-0.3, -0.25) is 4.79 Å². The van der Waals surface area contributed by atoms with Gasteiger partial charge in [-0.15, -0.1) is 0 Å². The van der Waals surface area contributed by atoms with Gasteiger partial charge in [-0.25, -0.2) is 9.82 Å². The molecule has 2 aromatic carbocycles. The first-order valence-electron chi connectivity index (χ1n) is 7.64. The molecule has 0 fully saturated rings. The number of carbonyl (C=O) groups excluding carboxylic acids is 1. The molecule has 0 aliphatic carbocycles. The number of nitriles is 1. The zero-order chi connectivity index (χ0) is 19.8. The van der Waals surface area contributed by atoms with E-state index in [1.807, 2.05) is 0 Å². The summed E-state index contributed by atoms with van der Waals surface area (Å²) in [4.78, 5) is 12.0. The number of nitrogens with zero attached hydrogens (tertiary/aromatic N) is 2. The summed E-state index contributed by atoms with van der Waals surface area (Å²) in [5.74, 6) is -0.535. The second-order valence-corrected chi connectivity index (χ2v) is 5.98. The van der Waals surface area contributed by atoms with E-state index < -0.39 is 11.7 Å². The molecule has 0 aliphatic heterocycles. The Morgan fingerprint density at radius 2 is 2.19 bits per heavy atom. The van der Waals surface area contributed by atoms with Gasteiger partial charge in [-0.2, -0.15) is 10.4 Å². The van der Waals surface area contributed by atoms with E-state index in [0.717, 1.165) is 6.07 Å². The fourth-order valence-corrected chi connectivity index (χ4v) is 2.49. The number of methoxy groups -OCH3 is 1. The highest BCUT2D eigenvalue weighted by Gasteiger charge is 2.12. The third kappa shape index (κ3) is 5.15. The predicted molar refractivity (Wildman–Crippen MR) is 103 cm³/mol. The third-order valence-electron chi connectivity index (χ3n) is 3.35. The van der Waals surface area contributed by atoms with Crippen molar-refractivity contribution in [3.63, 3.8) is 0 Å². The maximum atomic E-state index is 13.8. The van der Waals surface area contributed by atoms with Crippen LogP contribution < -0.4 is 14.9 Å². The van der Waals surface area contributed by atoms with E-state index in [0.29, 0.717) is 28.1 Å². The van der Waals surface area contributed by atoms with Crippen LogP contribution in [0.2, 0.25) is 0 Å². The molecule has 0 heterocycles. The van der Waals surface area contributed by atoms with Crippen molar-refractivity contribution in [1.29, 1.82) is 5.26 Å². The van der Waals surface area contributed by atoms with Crippen LogP contribution in [0.4, 0.5) is 4.39 Å². The van der Waals surface area contributed by atoms with Crippen molar-refractivity contribution in [2.75, 3.05) is 13.7 Å². The van der Waals surface area contributed by atoms with Crippen molar-refractivity contribution in [2.45, 2.75) is 0 Å². The van der Waals surface area contributed by atoms with Gasteiger partial charge in [0.1, 0.15) is 12.4 Å². The van der Waals surface area contributed by atoms with E-state index >= 15 is 0 Å². The van der Waals surface area contributed by atoms with Gasteiger partial charge in [-0.05, 0) is 46.3 Å². The van der Waals surface area contributed by atoms with Gasteiger partial charge in [0.2, 0.25) is 0 Å². The van der Waals surface area contributed by atoms with Crippen LogP contribution in [0.3, 0.4) is 0 Å². The lowest BCUT2D eigenvalue weighted by molar-refractivity contribution is 0.0951. The molecule has 0 saturated heterocycles. The topological polar surface area (TPSA) is 83.7 Å². The predicted octanol–water partition coefficient (Wildman–Crippen LogP) is 3.80. The van der Waals surface area contributed by atoms with Crippen molar-refractivity contribution in [2.24, 2.45) is 5.10 Å². The summed E-state index contributed by atoms with van der Waals surface area (Å²) >= 11 is 3.39. The summed E-state index contributed by atoms with van der Waals surface area (Å²) in [6, 6.07) is 8.73. The Kier molecular flexibility index (Phi) is 7.08. The number of benzene rings is 2. The Morgan fingerprint density at radius 3 is 2.81 bits per heavy atom. The lowest BCUT2D eigenvalue weighted by Gasteiger charge is -2.11. The molecular formula is C19H15BrFN3O3. The molecule has 0 bridgehead atoms. The highest BCUT2D eigenvalue weighted by molar-refractivity contribution is 9.10. The molecule has 0 aliphatic rings. The average molecular weight is 432 g/mol. The van der Waals surface area contributed by atoms with E-state index in [1.165, 1.54) is 25.5 Å². The van der Waals surface area contributed by atoms with E-state index in [9.17, 15) is 9.18 Å². The molecule has 0 unspecified atom stereocenters. The van der Waals surface area contributed by atoms with Crippen LogP contribution in [0.25, 0.3) is 0 Å². The van der Waals surface area contributed by atoms with Crippen LogP contribution in [0.5, 0.6) is 11.5 Å². The highest BCUT2D eigenvalue weighted by Crippen LogP contribution is 2.32. The van der Waals surface area contributed by atoms with Crippen LogP contribution in [0.15, 0.2) is 52.6 Å². The second-order valence-electron chi connectivity index (χ2n) is 5.13. The number of ether oxygens (including phenoxy) is 2. The Hall–Kier alpha value is -3.18. The molecule has 8 heteroatoms. The summed E-state index contributed by atoms with van der Waals surface area (Å²) in [5.41, 5.74) is 2.77. The Morgan fingerprint density at radius 1 is 1.41 bits per heavy atom. The molecule has 1 amide bonds. The monoisotopic (exact) mass is 431 g/mol. The van der Waals surface area contributed by atoms with Crippen LogP contribution in [-0.2, 0) is 0 Å².